The molecule has 0 radical (unpaired) electrons. The van der Waals surface area contributed by atoms with E-state index in [1.807, 2.05) is 0 Å². The molecular formula is C16H28BrN3. The van der Waals surface area contributed by atoms with E-state index in [0.29, 0.717) is 12.5 Å². The molecule has 0 unspecified atom stereocenters. The van der Waals surface area contributed by atoms with E-state index in [9.17, 15) is 0 Å². The standard InChI is InChI=1S/C16H28BrN3/c1-13(2)12-20(10-9-19(3)4)16-6-5-14(7-8-18)11-15(16)17/h5-6,11,13H,7-10,12,18H2,1-4H3. The summed E-state index contributed by atoms with van der Waals surface area (Å²) in [7, 11) is 4.24. The van der Waals surface area contributed by atoms with Crippen LogP contribution >= 0.6 is 15.9 Å². The summed E-state index contributed by atoms with van der Waals surface area (Å²) in [5.41, 5.74) is 8.20. The quantitative estimate of drug-likeness (QED) is 0.788. The number of nitrogens with zero attached hydrogens (tertiary/aromatic N) is 2. The maximum atomic E-state index is 5.62. The van der Waals surface area contributed by atoms with Gasteiger partial charge in [-0.05, 0) is 66.6 Å². The summed E-state index contributed by atoms with van der Waals surface area (Å²) in [6.45, 7) is 8.40. The van der Waals surface area contributed by atoms with Gasteiger partial charge in [0.05, 0.1) is 5.69 Å². The number of hydrogen-bond acceptors (Lipinski definition) is 3. The van der Waals surface area contributed by atoms with Crippen molar-refractivity contribution in [3.05, 3.63) is 28.2 Å². The molecular weight excluding hydrogens is 314 g/mol. The Morgan fingerprint density at radius 2 is 1.90 bits per heavy atom. The van der Waals surface area contributed by atoms with Crippen molar-refractivity contribution in [2.75, 3.05) is 45.2 Å². The van der Waals surface area contributed by atoms with E-state index in [4.69, 9.17) is 5.73 Å². The van der Waals surface area contributed by atoms with Gasteiger partial charge in [0.2, 0.25) is 0 Å². The highest BCUT2D eigenvalue weighted by molar-refractivity contribution is 9.10. The third-order valence-electron chi connectivity index (χ3n) is 3.19. The van der Waals surface area contributed by atoms with E-state index in [1.165, 1.54) is 15.7 Å². The molecule has 3 nitrogen and oxygen atoms in total. The van der Waals surface area contributed by atoms with Crippen molar-refractivity contribution in [1.29, 1.82) is 0 Å². The van der Waals surface area contributed by atoms with Crippen LogP contribution < -0.4 is 10.6 Å². The summed E-state index contributed by atoms with van der Waals surface area (Å²) < 4.78 is 1.17. The lowest BCUT2D eigenvalue weighted by Crippen LogP contribution is -2.34. The molecule has 2 N–H and O–H groups in total. The van der Waals surface area contributed by atoms with Crippen LogP contribution in [0.3, 0.4) is 0 Å². The molecule has 0 spiro atoms. The van der Waals surface area contributed by atoms with E-state index < -0.39 is 0 Å². The first-order valence-electron chi connectivity index (χ1n) is 7.32. The van der Waals surface area contributed by atoms with Crippen molar-refractivity contribution in [1.82, 2.24) is 4.90 Å². The topological polar surface area (TPSA) is 32.5 Å². The van der Waals surface area contributed by atoms with Gasteiger partial charge >= 0.3 is 0 Å². The van der Waals surface area contributed by atoms with Gasteiger partial charge in [-0.3, -0.25) is 0 Å². The second-order valence-corrected chi connectivity index (χ2v) is 6.82. The molecule has 0 bridgehead atoms. The first kappa shape index (κ1) is 17.5. The molecule has 0 atom stereocenters. The molecule has 0 fully saturated rings. The lowest BCUT2D eigenvalue weighted by molar-refractivity contribution is 0.409. The molecule has 0 saturated heterocycles. The van der Waals surface area contributed by atoms with Gasteiger partial charge in [0, 0.05) is 24.1 Å². The molecule has 0 saturated carbocycles. The van der Waals surface area contributed by atoms with Crippen molar-refractivity contribution in [2.24, 2.45) is 11.7 Å². The minimum atomic E-state index is 0.646. The molecule has 1 aromatic rings. The summed E-state index contributed by atoms with van der Waals surface area (Å²) >= 11 is 3.72. The first-order valence-corrected chi connectivity index (χ1v) is 8.11. The molecule has 0 aromatic heterocycles. The lowest BCUT2D eigenvalue weighted by Gasteiger charge is -2.29. The number of likely N-dealkylation sites (N-methyl/N-ethyl adjacent to an activating group) is 1. The molecule has 1 aromatic carbocycles. The molecule has 20 heavy (non-hydrogen) atoms. The van der Waals surface area contributed by atoms with Gasteiger partial charge in [0.1, 0.15) is 0 Å². The first-order chi connectivity index (χ1) is 9.43. The van der Waals surface area contributed by atoms with Crippen LogP contribution in [-0.2, 0) is 6.42 Å². The summed E-state index contributed by atoms with van der Waals surface area (Å²) in [5, 5.41) is 0. The molecule has 0 aliphatic carbocycles. The number of hydrogen-bond donors (Lipinski definition) is 1. The molecule has 0 heterocycles. The van der Waals surface area contributed by atoms with E-state index in [0.717, 1.165) is 26.1 Å². The van der Waals surface area contributed by atoms with Gasteiger partial charge in [0.25, 0.3) is 0 Å². The maximum Gasteiger partial charge on any atom is 0.0511 e. The van der Waals surface area contributed by atoms with Crippen molar-refractivity contribution >= 4 is 21.6 Å². The highest BCUT2D eigenvalue weighted by Gasteiger charge is 2.12. The summed E-state index contributed by atoms with van der Waals surface area (Å²) in [5.74, 6) is 0.646. The van der Waals surface area contributed by atoms with Gasteiger partial charge in [-0.25, -0.2) is 0 Å². The number of rotatable bonds is 8. The van der Waals surface area contributed by atoms with E-state index >= 15 is 0 Å². The molecule has 4 heteroatoms. The molecule has 114 valence electrons. The smallest absolute Gasteiger partial charge is 0.0511 e. The second-order valence-electron chi connectivity index (χ2n) is 5.97. The van der Waals surface area contributed by atoms with Crippen molar-refractivity contribution < 1.29 is 0 Å². The Bertz CT molecular complexity index is 405. The fraction of sp³-hybridized carbons (Fsp3) is 0.625. The van der Waals surface area contributed by atoms with Crippen LogP contribution in [0, 0.1) is 5.92 Å². The fourth-order valence-electron chi connectivity index (χ4n) is 2.20. The highest BCUT2D eigenvalue weighted by Crippen LogP contribution is 2.28. The minimum Gasteiger partial charge on any atom is -0.369 e. The Labute approximate surface area is 132 Å². The lowest BCUT2D eigenvalue weighted by atomic mass is 10.1. The second kappa shape index (κ2) is 8.65. The largest absolute Gasteiger partial charge is 0.369 e. The van der Waals surface area contributed by atoms with Crippen LogP contribution in [0.4, 0.5) is 5.69 Å². The Morgan fingerprint density at radius 1 is 1.20 bits per heavy atom. The number of anilines is 1. The number of nitrogens with two attached hydrogens (primary N) is 1. The third-order valence-corrected chi connectivity index (χ3v) is 3.82. The zero-order valence-electron chi connectivity index (χ0n) is 13.2. The fourth-order valence-corrected chi connectivity index (χ4v) is 2.88. The van der Waals surface area contributed by atoms with Gasteiger partial charge < -0.3 is 15.5 Å². The van der Waals surface area contributed by atoms with Crippen molar-refractivity contribution in [3.8, 4) is 0 Å². The minimum absolute atomic E-state index is 0.646. The van der Waals surface area contributed by atoms with Crippen LogP contribution in [0.25, 0.3) is 0 Å². The summed E-state index contributed by atoms with van der Waals surface area (Å²) in [4.78, 5) is 4.69. The van der Waals surface area contributed by atoms with Crippen molar-refractivity contribution in [3.63, 3.8) is 0 Å². The zero-order valence-corrected chi connectivity index (χ0v) is 14.8. The van der Waals surface area contributed by atoms with E-state index in [-0.39, 0.29) is 0 Å². The molecule has 1 rings (SSSR count). The van der Waals surface area contributed by atoms with E-state index in [2.05, 4.69) is 71.9 Å². The predicted molar refractivity (Wildman–Crippen MR) is 92.5 cm³/mol. The Hall–Kier alpha value is -0.580. The number of halogens is 1. The molecule has 0 aliphatic rings. The van der Waals surface area contributed by atoms with Gasteiger partial charge in [-0.1, -0.05) is 19.9 Å². The average Bonchev–Trinajstić information content (AvgIpc) is 2.35. The average molecular weight is 342 g/mol. The van der Waals surface area contributed by atoms with E-state index in [1.54, 1.807) is 0 Å². The van der Waals surface area contributed by atoms with Gasteiger partial charge in [-0.15, -0.1) is 0 Å². The Morgan fingerprint density at radius 3 is 2.40 bits per heavy atom. The summed E-state index contributed by atoms with van der Waals surface area (Å²) in [6.07, 6.45) is 0.931. The SMILES string of the molecule is CC(C)CN(CCN(C)C)c1ccc(CCN)cc1Br. The Kier molecular flexibility index (Phi) is 7.56. The molecule has 0 aliphatic heterocycles. The predicted octanol–water partition coefficient (Wildman–Crippen LogP) is 2.97. The van der Waals surface area contributed by atoms with Crippen LogP contribution in [0.15, 0.2) is 22.7 Å². The summed E-state index contributed by atoms with van der Waals surface area (Å²) in [6, 6.07) is 6.61. The van der Waals surface area contributed by atoms with Crippen LogP contribution in [0.5, 0.6) is 0 Å². The maximum absolute atomic E-state index is 5.62. The van der Waals surface area contributed by atoms with Crippen LogP contribution in [-0.4, -0.2) is 45.2 Å². The van der Waals surface area contributed by atoms with Gasteiger partial charge in [-0.2, -0.15) is 0 Å². The number of benzene rings is 1. The van der Waals surface area contributed by atoms with Gasteiger partial charge in [0.15, 0.2) is 0 Å². The molecule has 0 amide bonds. The Balaban J connectivity index is 2.88. The highest BCUT2D eigenvalue weighted by atomic mass is 79.9. The van der Waals surface area contributed by atoms with Crippen molar-refractivity contribution in [2.45, 2.75) is 20.3 Å². The normalized spacial score (nSPS) is 11.4. The van der Waals surface area contributed by atoms with Crippen LogP contribution in [0.2, 0.25) is 0 Å². The monoisotopic (exact) mass is 341 g/mol. The third kappa shape index (κ3) is 5.81. The zero-order chi connectivity index (χ0) is 15.1. The van der Waals surface area contributed by atoms with Crippen LogP contribution in [0.1, 0.15) is 19.4 Å².